The number of carbonyl (C=O) groups is 1. The van der Waals surface area contributed by atoms with Gasteiger partial charge in [-0.15, -0.1) is 0 Å². The molecule has 1 heterocycles. The molecule has 0 spiro atoms. The van der Waals surface area contributed by atoms with Gasteiger partial charge in [-0.1, -0.05) is 0 Å². The lowest BCUT2D eigenvalue weighted by Crippen LogP contribution is -2.49. The second kappa shape index (κ2) is 3.47. The third-order valence-electron chi connectivity index (χ3n) is 5.96. The Morgan fingerprint density at radius 3 is 2.47 bits per heavy atom. The van der Waals surface area contributed by atoms with Gasteiger partial charge in [0.15, 0.2) is 0 Å². The molecular formula is C14H22N2O. The van der Waals surface area contributed by atoms with Gasteiger partial charge in [0.1, 0.15) is 0 Å². The van der Waals surface area contributed by atoms with Gasteiger partial charge in [0.2, 0.25) is 5.91 Å². The maximum Gasteiger partial charge on any atom is 0.227 e. The van der Waals surface area contributed by atoms with Crippen molar-refractivity contribution in [3.63, 3.8) is 0 Å². The van der Waals surface area contributed by atoms with E-state index < -0.39 is 0 Å². The van der Waals surface area contributed by atoms with Crippen molar-refractivity contribution in [2.24, 2.45) is 29.4 Å². The van der Waals surface area contributed by atoms with E-state index in [-0.39, 0.29) is 12.0 Å². The largest absolute Gasteiger partial charge is 0.339 e. The highest BCUT2D eigenvalue weighted by atomic mass is 16.2. The SMILES string of the molecule is NC1C2CCC(C2)C1C(=O)N1CC2CCC1C2. The van der Waals surface area contributed by atoms with Gasteiger partial charge in [-0.25, -0.2) is 0 Å². The van der Waals surface area contributed by atoms with Gasteiger partial charge in [0.05, 0.1) is 5.92 Å². The predicted molar refractivity (Wildman–Crippen MR) is 65.1 cm³/mol. The van der Waals surface area contributed by atoms with E-state index in [1.165, 1.54) is 38.5 Å². The quantitative estimate of drug-likeness (QED) is 0.745. The zero-order chi connectivity index (χ0) is 11.6. The van der Waals surface area contributed by atoms with Crippen LogP contribution in [0.2, 0.25) is 0 Å². The fourth-order valence-corrected chi connectivity index (χ4v) is 5.09. The number of piperidine rings is 1. The van der Waals surface area contributed by atoms with Crippen molar-refractivity contribution >= 4 is 5.91 Å². The minimum Gasteiger partial charge on any atom is -0.339 e. The van der Waals surface area contributed by atoms with Crippen molar-refractivity contribution in [3.05, 3.63) is 0 Å². The Hall–Kier alpha value is -0.570. The first-order valence-corrected chi connectivity index (χ1v) is 7.30. The number of hydrogen-bond donors (Lipinski definition) is 1. The highest BCUT2D eigenvalue weighted by Crippen LogP contribution is 2.49. The van der Waals surface area contributed by atoms with Gasteiger partial charge < -0.3 is 10.6 Å². The lowest BCUT2D eigenvalue weighted by Gasteiger charge is -2.34. The van der Waals surface area contributed by atoms with E-state index in [1.54, 1.807) is 0 Å². The Morgan fingerprint density at radius 2 is 1.88 bits per heavy atom. The number of fused-ring (bicyclic) bond motifs is 4. The van der Waals surface area contributed by atoms with Crippen molar-refractivity contribution in [2.45, 2.75) is 50.6 Å². The number of nitrogens with zero attached hydrogens (tertiary/aromatic N) is 1. The molecule has 6 atom stereocenters. The van der Waals surface area contributed by atoms with Gasteiger partial charge in [0.25, 0.3) is 0 Å². The molecular weight excluding hydrogens is 212 g/mol. The summed E-state index contributed by atoms with van der Waals surface area (Å²) in [5.74, 6) is 2.65. The Bertz CT molecular complexity index is 354. The average molecular weight is 234 g/mol. The zero-order valence-electron chi connectivity index (χ0n) is 10.3. The van der Waals surface area contributed by atoms with Crippen LogP contribution in [-0.2, 0) is 4.79 Å². The molecule has 4 bridgehead atoms. The van der Waals surface area contributed by atoms with Gasteiger partial charge in [-0.05, 0) is 56.3 Å². The molecule has 6 unspecified atom stereocenters. The number of carbonyl (C=O) groups excluding carboxylic acids is 1. The van der Waals surface area contributed by atoms with Crippen LogP contribution in [0.15, 0.2) is 0 Å². The third-order valence-corrected chi connectivity index (χ3v) is 5.96. The lowest BCUT2D eigenvalue weighted by molar-refractivity contribution is -0.139. The minimum absolute atomic E-state index is 0.167. The van der Waals surface area contributed by atoms with Crippen LogP contribution in [0.25, 0.3) is 0 Å². The van der Waals surface area contributed by atoms with E-state index >= 15 is 0 Å². The fraction of sp³-hybridized carbons (Fsp3) is 0.929. The standard InChI is InChI=1S/C14H22N2O/c15-13-10-3-2-9(6-10)12(13)14(17)16-7-8-1-4-11(16)5-8/h8-13H,1-7,15H2. The third kappa shape index (κ3) is 1.35. The number of amides is 1. The van der Waals surface area contributed by atoms with Crippen LogP contribution in [0.3, 0.4) is 0 Å². The molecule has 2 N–H and O–H groups in total. The topological polar surface area (TPSA) is 46.3 Å². The number of nitrogens with two attached hydrogens (primary N) is 1. The first-order chi connectivity index (χ1) is 8.24. The summed E-state index contributed by atoms with van der Waals surface area (Å²) in [6, 6.07) is 0.735. The maximum atomic E-state index is 12.7. The van der Waals surface area contributed by atoms with Crippen LogP contribution in [0.1, 0.15) is 38.5 Å². The van der Waals surface area contributed by atoms with Crippen molar-refractivity contribution in [1.29, 1.82) is 0 Å². The van der Waals surface area contributed by atoms with Crippen molar-refractivity contribution < 1.29 is 4.79 Å². The Kier molecular flexibility index (Phi) is 2.11. The molecule has 94 valence electrons. The maximum absolute atomic E-state index is 12.7. The van der Waals surface area contributed by atoms with Crippen LogP contribution in [0.5, 0.6) is 0 Å². The molecule has 4 fully saturated rings. The van der Waals surface area contributed by atoms with E-state index in [0.29, 0.717) is 23.8 Å². The van der Waals surface area contributed by atoms with Gasteiger partial charge >= 0.3 is 0 Å². The van der Waals surface area contributed by atoms with E-state index in [9.17, 15) is 4.79 Å². The summed E-state index contributed by atoms with van der Waals surface area (Å²) in [7, 11) is 0. The molecule has 3 aliphatic carbocycles. The average Bonchev–Trinajstić information content (AvgIpc) is 3.07. The molecule has 4 rings (SSSR count). The highest BCUT2D eigenvalue weighted by molar-refractivity contribution is 5.81. The van der Waals surface area contributed by atoms with Crippen LogP contribution in [0, 0.1) is 23.7 Å². The molecule has 1 aliphatic heterocycles. The molecule has 3 nitrogen and oxygen atoms in total. The second-order valence-electron chi connectivity index (χ2n) is 6.76. The molecule has 3 heteroatoms. The number of hydrogen-bond acceptors (Lipinski definition) is 2. The smallest absolute Gasteiger partial charge is 0.227 e. The Labute approximate surface area is 103 Å². The molecule has 0 aromatic heterocycles. The number of likely N-dealkylation sites (tertiary alicyclic amines) is 1. The van der Waals surface area contributed by atoms with Crippen LogP contribution < -0.4 is 5.73 Å². The fourth-order valence-electron chi connectivity index (χ4n) is 5.09. The molecule has 1 amide bonds. The lowest BCUT2D eigenvalue weighted by atomic mass is 9.83. The molecule has 1 saturated heterocycles. The molecule has 17 heavy (non-hydrogen) atoms. The van der Waals surface area contributed by atoms with Crippen molar-refractivity contribution in [3.8, 4) is 0 Å². The van der Waals surface area contributed by atoms with Crippen molar-refractivity contribution in [2.75, 3.05) is 6.54 Å². The summed E-state index contributed by atoms with van der Waals surface area (Å²) < 4.78 is 0. The first-order valence-electron chi connectivity index (χ1n) is 7.30. The van der Waals surface area contributed by atoms with E-state index in [4.69, 9.17) is 5.73 Å². The Balaban J connectivity index is 1.53. The first kappa shape index (κ1) is 10.4. The van der Waals surface area contributed by atoms with Crippen LogP contribution in [0.4, 0.5) is 0 Å². The molecule has 0 aromatic carbocycles. The molecule has 0 aromatic rings. The van der Waals surface area contributed by atoms with E-state index in [2.05, 4.69) is 4.90 Å². The molecule has 0 radical (unpaired) electrons. The summed E-state index contributed by atoms with van der Waals surface area (Å²) in [4.78, 5) is 14.9. The highest BCUT2D eigenvalue weighted by Gasteiger charge is 2.52. The van der Waals surface area contributed by atoms with Crippen molar-refractivity contribution in [1.82, 2.24) is 4.90 Å². The van der Waals surface area contributed by atoms with Crippen LogP contribution >= 0.6 is 0 Å². The van der Waals surface area contributed by atoms with Gasteiger partial charge in [-0.2, -0.15) is 0 Å². The summed E-state index contributed by atoms with van der Waals surface area (Å²) in [6.07, 6.45) is 7.59. The number of rotatable bonds is 1. The van der Waals surface area contributed by atoms with E-state index in [1.807, 2.05) is 0 Å². The summed E-state index contributed by atoms with van der Waals surface area (Å²) in [6.45, 7) is 1.03. The molecule has 3 saturated carbocycles. The van der Waals surface area contributed by atoms with Gasteiger partial charge in [0, 0.05) is 18.6 Å². The van der Waals surface area contributed by atoms with Gasteiger partial charge in [-0.3, -0.25) is 4.79 Å². The second-order valence-corrected chi connectivity index (χ2v) is 6.76. The predicted octanol–water partition coefficient (Wildman–Crippen LogP) is 1.37. The monoisotopic (exact) mass is 234 g/mol. The summed E-state index contributed by atoms with van der Waals surface area (Å²) >= 11 is 0. The summed E-state index contributed by atoms with van der Waals surface area (Å²) in [5.41, 5.74) is 6.28. The molecule has 4 aliphatic rings. The minimum atomic E-state index is 0.167. The zero-order valence-corrected chi connectivity index (χ0v) is 10.3. The summed E-state index contributed by atoms with van der Waals surface area (Å²) in [5, 5.41) is 0. The van der Waals surface area contributed by atoms with E-state index in [0.717, 1.165) is 12.5 Å². The normalized spacial score (nSPS) is 51.5. The Morgan fingerprint density at radius 1 is 1.06 bits per heavy atom. The van der Waals surface area contributed by atoms with Crippen LogP contribution in [-0.4, -0.2) is 29.4 Å².